The summed E-state index contributed by atoms with van der Waals surface area (Å²) < 4.78 is 24.5. The summed E-state index contributed by atoms with van der Waals surface area (Å²) >= 11 is 6.11. The van der Waals surface area contributed by atoms with Gasteiger partial charge in [-0.15, -0.1) is 0 Å². The lowest BCUT2D eigenvalue weighted by Gasteiger charge is -2.60. The second kappa shape index (κ2) is 9.34. The Labute approximate surface area is 206 Å². The second-order valence-electron chi connectivity index (χ2n) is 10.6. The number of benzene rings is 1. The second-order valence-corrected chi connectivity index (χ2v) is 11.0. The number of carbonyl (C=O) groups excluding carboxylic acids is 1. The van der Waals surface area contributed by atoms with Crippen LogP contribution in [0.3, 0.4) is 0 Å². The van der Waals surface area contributed by atoms with Gasteiger partial charge in [0.2, 0.25) is 5.79 Å². The summed E-state index contributed by atoms with van der Waals surface area (Å²) in [7, 11) is 1.40. The van der Waals surface area contributed by atoms with Gasteiger partial charge in [0.05, 0.1) is 13.2 Å². The number of hydrogen-bond acceptors (Lipinski definition) is 7. The molecule has 5 aliphatic rings. The van der Waals surface area contributed by atoms with Gasteiger partial charge in [-0.2, -0.15) is 0 Å². The molecule has 4 saturated heterocycles. The van der Waals surface area contributed by atoms with Gasteiger partial charge in [0.15, 0.2) is 18.2 Å². The molecular weight excluding hydrogens is 460 g/mol. The molecule has 188 valence electrons. The lowest BCUT2D eigenvalue weighted by Crippen LogP contribution is -2.70. The SMILES string of the molecule is COC(=O)CCC(O[C@H]1O[C@@H]2OC3(C)CC[C@H]4[C@H](C)CCC([C@H]1C)C24OO3)c1ccc(Cl)cc1. The third kappa shape index (κ3) is 4.18. The summed E-state index contributed by atoms with van der Waals surface area (Å²) in [5, 5.41) is 0.648. The highest BCUT2D eigenvalue weighted by Gasteiger charge is 2.69. The lowest BCUT2D eigenvalue weighted by molar-refractivity contribution is -0.578. The van der Waals surface area contributed by atoms with Crippen LogP contribution in [0.5, 0.6) is 0 Å². The Kier molecular flexibility index (Phi) is 6.72. The summed E-state index contributed by atoms with van der Waals surface area (Å²) in [5.74, 6) is -0.0771. The van der Waals surface area contributed by atoms with Crippen molar-refractivity contribution in [2.75, 3.05) is 7.11 Å². The van der Waals surface area contributed by atoms with E-state index in [1.54, 1.807) is 0 Å². The molecule has 1 saturated carbocycles. The van der Waals surface area contributed by atoms with Gasteiger partial charge >= 0.3 is 5.97 Å². The van der Waals surface area contributed by atoms with E-state index < -0.39 is 24.0 Å². The Morgan fingerprint density at radius 2 is 1.91 bits per heavy atom. The van der Waals surface area contributed by atoms with E-state index in [-0.39, 0.29) is 30.3 Å². The van der Waals surface area contributed by atoms with E-state index in [2.05, 4.69) is 13.8 Å². The summed E-state index contributed by atoms with van der Waals surface area (Å²) in [6.45, 7) is 6.38. The lowest BCUT2D eigenvalue weighted by atomic mass is 9.58. The van der Waals surface area contributed by atoms with Crippen molar-refractivity contribution in [3.05, 3.63) is 34.9 Å². The summed E-state index contributed by atoms with van der Waals surface area (Å²) in [5.41, 5.74) is 0.309. The fourth-order valence-corrected chi connectivity index (χ4v) is 6.66. The number of ether oxygens (including phenoxy) is 4. The van der Waals surface area contributed by atoms with Gasteiger partial charge < -0.3 is 18.9 Å². The van der Waals surface area contributed by atoms with Crippen molar-refractivity contribution in [2.45, 2.75) is 89.4 Å². The van der Waals surface area contributed by atoms with Gasteiger partial charge in [-0.05, 0) is 62.1 Å². The molecule has 0 radical (unpaired) electrons. The molecule has 1 spiro atoms. The van der Waals surface area contributed by atoms with Crippen molar-refractivity contribution in [1.82, 2.24) is 0 Å². The maximum atomic E-state index is 11.9. The molecule has 1 aromatic rings. The number of hydrogen-bond donors (Lipinski definition) is 0. The first-order valence-corrected chi connectivity index (χ1v) is 12.8. The third-order valence-corrected chi connectivity index (χ3v) is 8.73. The average molecular weight is 495 g/mol. The van der Waals surface area contributed by atoms with Crippen LogP contribution in [0.4, 0.5) is 0 Å². The van der Waals surface area contributed by atoms with Gasteiger partial charge in [-0.1, -0.05) is 37.6 Å². The molecule has 5 fully saturated rings. The van der Waals surface area contributed by atoms with Crippen molar-refractivity contribution < 1.29 is 33.5 Å². The van der Waals surface area contributed by atoms with Crippen molar-refractivity contribution >= 4 is 17.6 Å². The third-order valence-electron chi connectivity index (χ3n) is 8.48. The first-order valence-electron chi connectivity index (χ1n) is 12.4. The number of rotatable bonds is 6. The summed E-state index contributed by atoms with van der Waals surface area (Å²) in [6, 6.07) is 7.52. The molecule has 8 heteroatoms. The molecule has 4 heterocycles. The smallest absolute Gasteiger partial charge is 0.305 e. The Balaban J connectivity index is 1.42. The fourth-order valence-electron chi connectivity index (χ4n) is 6.53. The Morgan fingerprint density at radius 3 is 2.65 bits per heavy atom. The largest absolute Gasteiger partial charge is 0.469 e. The van der Waals surface area contributed by atoms with Gasteiger partial charge in [-0.25, -0.2) is 9.78 Å². The van der Waals surface area contributed by atoms with Crippen LogP contribution in [0.2, 0.25) is 5.02 Å². The first-order chi connectivity index (χ1) is 16.3. The van der Waals surface area contributed by atoms with Crippen molar-refractivity contribution in [3.8, 4) is 0 Å². The number of carbonyl (C=O) groups is 1. The van der Waals surface area contributed by atoms with Crippen LogP contribution in [0.25, 0.3) is 0 Å². The number of halogens is 1. The van der Waals surface area contributed by atoms with Crippen LogP contribution < -0.4 is 0 Å². The molecular formula is C26H35ClO7. The van der Waals surface area contributed by atoms with Crippen LogP contribution in [0.15, 0.2) is 24.3 Å². The van der Waals surface area contributed by atoms with Crippen molar-refractivity contribution in [2.24, 2.45) is 23.7 Å². The monoisotopic (exact) mass is 494 g/mol. The van der Waals surface area contributed by atoms with E-state index >= 15 is 0 Å². The number of esters is 1. The fraction of sp³-hybridized carbons (Fsp3) is 0.731. The topological polar surface area (TPSA) is 72.5 Å². The van der Waals surface area contributed by atoms with Crippen LogP contribution in [-0.4, -0.2) is 37.0 Å². The molecule has 7 nitrogen and oxygen atoms in total. The molecule has 1 aliphatic carbocycles. The van der Waals surface area contributed by atoms with Crippen LogP contribution >= 0.6 is 11.6 Å². The highest BCUT2D eigenvalue weighted by molar-refractivity contribution is 6.30. The molecule has 0 N–H and O–H groups in total. The molecule has 2 bridgehead atoms. The van der Waals surface area contributed by atoms with Crippen molar-refractivity contribution in [1.29, 1.82) is 0 Å². The Morgan fingerprint density at radius 1 is 1.15 bits per heavy atom. The molecule has 4 unspecified atom stereocenters. The zero-order chi connectivity index (χ0) is 24.1. The van der Waals surface area contributed by atoms with E-state index in [1.807, 2.05) is 31.2 Å². The summed E-state index contributed by atoms with van der Waals surface area (Å²) in [4.78, 5) is 24.0. The van der Waals surface area contributed by atoms with E-state index in [0.29, 0.717) is 23.3 Å². The molecule has 34 heavy (non-hydrogen) atoms. The Bertz CT molecular complexity index is 894. The standard InChI is InChI=1S/C26H35ClO7/c1-15-5-10-20-16(2)23(31-24-26(20)19(15)13-14-25(3,32-24)33-34-26)30-21(11-12-22(28)29-4)17-6-8-18(27)9-7-17/h6-9,15-16,19-21,23-24H,5,10-14H2,1-4H3/t15-,16-,19+,20?,21?,23+,24-,25?,26?/m1/s1. The predicted molar refractivity (Wildman–Crippen MR) is 123 cm³/mol. The van der Waals surface area contributed by atoms with Crippen LogP contribution in [0, 0.1) is 23.7 Å². The van der Waals surface area contributed by atoms with Gasteiger partial charge in [0.1, 0.15) is 0 Å². The molecule has 0 aromatic heterocycles. The number of methoxy groups -OCH3 is 1. The first kappa shape index (κ1) is 24.5. The van der Waals surface area contributed by atoms with Gasteiger partial charge in [0, 0.05) is 29.7 Å². The normalized spacial score (nSPS) is 41.9. The van der Waals surface area contributed by atoms with Crippen LogP contribution in [-0.2, 0) is 33.5 Å². The van der Waals surface area contributed by atoms with Crippen molar-refractivity contribution in [3.63, 3.8) is 0 Å². The zero-order valence-corrected chi connectivity index (χ0v) is 21.1. The van der Waals surface area contributed by atoms with E-state index in [4.69, 9.17) is 40.3 Å². The van der Waals surface area contributed by atoms with E-state index in [9.17, 15) is 4.79 Å². The maximum absolute atomic E-state index is 11.9. The minimum absolute atomic E-state index is 0.0498. The average Bonchev–Trinajstić information content (AvgIpc) is 3.06. The van der Waals surface area contributed by atoms with Gasteiger partial charge in [-0.3, -0.25) is 4.79 Å². The minimum atomic E-state index is -0.830. The highest BCUT2D eigenvalue weighted by atomic mass is 35.5. The minimum Gasteiger partial charge on any atom is -0.469 e. The number of fused-ring (bicyclic) bond motifs is 2. The van der Waals surface area contributed by atoms with Gasteiger partial charge in [0.25, 0.3) is 0 Å². The summed E-state index contributed by atoms with van der Waals surface area (Å²) in [6.07, 6.45) is 3.15. The molecule has 0 amide bonds. The predicted octanol–water partition coefficient (Wildman–Crippen LogP) is 5.56. The zero-order valence-electron chi connectivity index (χ0n) is 20.3. The molecule has 9 atom stereocenters. The maximum Gasteiger partial charge on any atom is 0.305 e. The highest BCUT2D eigenvalue weighted by Crippen LogP contribution is 2.60. The quantitative estimate of drug-likeness (QED) is 0.378. The molecule has 6 rings (SSSR count). The van der Waals surface area contributed by atoms with E-state index in [1.165, 1.54) is 7.11 Å². The van der Waals surface area contributed by atoms with E-state index in [0.717, 1.165) is 31.2 Å². The van der Waals surface area contributed by atoms with Crippen LogP contribution in [0.1, 0.15) is 71.0 Å². The molecule has 1 aromatic carbocycles. The molecule has 4 aliphatic heterocycles. The Hall–Kier alpha value is -1.22.